The molecule has 0 saturated carbocycles. The number of hydrogen-bond donors (Lipinski definition) is 0. The van der Waals surface area contributed by atoms with E-state index in [1.165, 1.54) is 0 Å². The maximum atomic E-state index is 12.5. The number of benzene rings is 1. The average Bonchev–Trinajstić information content (AvgIpc) is 2.89. The second-order valence-corrected chi connectivity index (χ2v) is 5.49. The van der Waals surface area contributed by atoms with E-state index in [0.717, 1.165) is 0 Å². The summed E-state index contributed by atoms with van der Waals surface area (Å²) < 4.78 is 10.8. The van der Waals surface area contributed by atoms with Gasteiger partial charge in [-0.25, -0.2) is 0 Å². The fraction of sp³-hybridized carbons (Fsp3) is 0.533. The maximum absolute atomic E-state index is 12.5. The molecule has 1 aromatic rings. The van der Waals surface area contributed by atoms with Gasteiger partial charge >= 0.3 is 0 Å². The highest BCUT2D eigenvalue weighted by Crippen LogP contribution is 2.21. The van der Waals surface area contributed by atoms with Crippen LogP contribution in [0, 0.1) is 0 Å². The Bertz CT molecular complexity index is 468. The molecule has 0 aliphatic carbocycles. The van der Waals surface area contributed by atoms with Crippen molar-refractivity contribution in [2.45, 2.75) is 25.2 Å². The van der Waals surface area contributed by atoms with Crippen LogP contribution in [0.15, 0.2) is 24.3 Å². The smallest absolute Gasteiger partial charge is 0.179 e. The van der Waals surface area contributed by atoms with Gasteiger partial charge in [-0.1, -0.05) is 23.7 Å². The largest absolute Gasteiger partial charge is 0.377 e. The zero-order chi connectivity index (χ0) is 14.7. The first kappa shape index (κ1) is 15.4. The first-order valence-electron chi connectivity index (χ1n) is 6.66. The van der Waals surface area contributed by atoms with E-state index in [0.29, 0.717) is 23.7 Å². The zero-order valence-corrected chi connectivity index (χ0v) is 12.8. The number of nitrogens with zero attached hydrogens (tertiary/aromatic N) is 1. The highest BCUT2D eigenvalue weighted by Gasteiger charge is 2.37. The second kappa shape index (κ2) is 6.68. The van der Waals surface area contributed by atoms with E-state index in [-0.39, 0.29) is 24.0 Å². The van der Waals surface area contributed by atoms with Crippen LogP contribution in [0.1, 0.15) is 17.3 Å². The Morgan fingerprint density at radius 3 is 2.40 bits per heavy atom. The number of carbonyl (C=O) groups is 1. The van der Waals surface area contributed by atoms with Gasteiger partial charge < -0.3 is 9.47 Å². The summed E-state index contributed by atoms with van der Waals surface area (Å²) in [6.45, 7) is 3.30. The lowest BCUT2D eigenvalue weighted by Gasteiger charge is -2.22. The minimum atomic E-state index is -0.216. The summed E-state index contributed by atoms with van der Waals surface area (Å²) in [5, 5.41) is 0.578. The summed E-state index contributed by atoms with van der Waals surface area (Å²) in [5.74, 6) is 0.0686. The van der Waals surface area contributed by atoms with Crippen molar-refractivity contribution in [2.24, 2.45) is 0 Å². The first-order valence-corrected chi connectivity index (χ1v) is 7.04. The maximum Gasteiger partial charge on any atom is 0.179 e. The number of carbonyl (C=O) groups excluding carboxylic acids is 1. The predicted octanol–water partition coefficient (Wildman–Crippen LogP) is 2.26. The molecule has 0 spiro atoms. The van der Waals surface area contributed by atoms with E-state index in [4.69, 9.17) is 21.1 Å². The summed E-state index contributed by atoms with van der Waals surface area (Å²) in [6.07, 6.45) is 0.0178. The number of likely N-dealkylation sites (tertiary alicyclic amines) is 1. The fourth-order valence-electron chi connectivity index (χ4n) is 2.59. The van der Waals surface area contributed by atoms with Gasteiger partial charge in [0.15, 0.2) is 5.78 Å². The number of hydrogen-bond acceptors (Lipinski definition) is 4. The van der Waals surface area contributed by atoms with Crippen LogP contribution < -0.4 is 0 Å². The summed E-state index contributed by atoms with van der Waals surface area (Å²) in [7, 11) is 3.34. The lowest BCUT2D eigenvalue weighted by atomic mass is 10.0. The topological polar surface area (TPSA) is 38.8 Å². The highest BCUT2D eigenvalue weighted by molar-refractivity contribution is 6.31. The van der Waals surface area contributed by atoms with Crippen LogP contribution >= 0.6 is 11.6 Å². The molecule has 1 saturated heterocycles. The van der Waals surface area contributed by atoms with E-state index in [9.17, 15) is 4.79 Å². The molecule has 1 aliphatic rings. The third-order valence-corrected chi connectivity index (χ3v) is 4.12. The zero-order valence-electron chi connectivity index (χ0n) is 12.0. The van der Waals surface area contributed by atoms with Gasteiger partial charge in [0.2, 0.25) is 0 Å². The van der Waals surface area contributed by atoms with E-state index in [1.54, 1.807) is 38.5 Å². The van der Waals surface area contributed by atoms with E-state index in [1.807, 2.05) is 6.92 Å². The van der Waals surface area contributed by atoms with E-state index in [2.05, 4.69) is 4.90 Å². The summed E-state index contributed by atoms with van der Waals surface area (Å²) >= 11 is 5.94. The number of ketones is 1. The lowest BCUT2D eigenvalue weighted by molar-refractivity contribution is -0.00461. The molecule has 2 rings (SSSR count). The van der Waals surface area contributed by atoms with Crippen molar-refractivity contribution in [2.75, 3.05) is 27.3 Å². The molecule has 1 heterocycles. The van der Waals surface area contributed by atoms with Crippen LogP contribution in [0.5, 0.6) is 0 Å². The quantitative estimate of drug-likeness (QED) is 0.782. The SMILES string of the molecule is COC1CN(C(C)C(=O)c2cccc(Cl)c2)CC1OC. The van der Waals surface area contributed by atoms with E-state index < -0.39 is 0 Å². The highest BCUT2D eigenvalue weighted by atomic mass is 35.5. The number of halogens is 1. The van der Waals surface area contributed by atoms with Gasteiger partial charge in [0, 0.05) is 37.9 Å². The molecule has 1 aliphatic heterocycles. The molecule has 0 N–H and O–H groups in total. The summed E-state index contributed by atoms with van der Waals surface area (Å²) in [4.78, 5) is 14.6. The van der Waals surface area contributed by atoms with Gasteiger partial charge in [-0.05, 0) is 19.1 Å². The van der Waals surface area contributed by atoms with Crippen LogP contribution in [-0.4, -0.2) is 56.2 Å². The van der Waals surface area contributed by atoms with Crippen molar-refractivity contribution in [1.82, 2.24) is 4.90 Å². The standard InChI is InChI=1S/C15H20ClNO3/c1-10(15(18)11-5-4-6-12(16)7-11)17-8-13(19-2)14(9-17)20-3/h4-7,10,13-14H,8-9H2,1-3H3. The molecular formula is C15H20ClNO3. The molecule has 0 amide bonds. The number of Topliss-reactive ketones (excluding diaryl/α,β-unsaturated/α-hetero) is 1. The van der Waals surface area contributed by atoms with E-state index >= 15 is 0 Å². The van der Waals surface area contributed by atoms with Crippen molar-refractivity contribution in [1.29, 1.82) is 0 Å². The molecule has 110 valence electrons. The Morgan fingerprint density at radius 1 is 1.30 bits per heavy atom. The van der Waals surface area contributed by atoms with Crippen molar-refractivity contribution in [3.05, 3.63) is 34.9 Å². The van der Waals surface area contributed by atoms with Crippen LogP contribution in [0.25, 0.3) is 0 Å². The predicted molar refractivity (Wildman–Crippen MR) is 78.4 cm³/mol. The first-order chi connectivity index (χ1) is 9.56. The summed E-state index contributed by atoms with van der Waals surface area (Å²) in [6, 6.07) is 6.84. The second-order valence-electron chi connectivity index (χ2n) is 5.05. The van der Waals surface area contributed by atoms with Crippen molar-refractivity contribution < 1.29 is 14.3 Å². The van der Waals surface area contributed by atoms with Crippen molar-refractivity contribution >= 4 is 17.4 Å². The van der Waals surface area contributed by atoms with Crippen LogP contribution in [-0.2, 0) is 9.47 Å². The molecule has 0 radical (unpaired) electrons. The Labute approximate surface area is 124 Å². The molecule has 1 fully saturated rings. The average molecular weight is 298 g/mol. The molecule has 0 bridgehead atoms. The Hall–Kier alpha value is -0.940. The number of rotatable bonds is 5. The molecular weight excluding hydrogens is 278 g/mol. The van der Waals surface area contributed by atoms with Gasteiger partial charge in [0.05, 0.1) is 18.2 Å². The van der Waals surface area contributed by atoms with Gasteiger partial charge in [-0.15, -0.1) is 0 Å². The Balaban J connectivity index is 2.08. The van der Waals surface area contributed by atoms with Gasteiger partial charge in [-0.2, -0.15) is 0 Å². The van der Waals surface area contributed by atoms with Crippen LogP contribution in [0.2, 0.25) is 5.02 Å². The minimum Gasteiger partial charge on any atom is -0.377 e. The van der Waals surface area contributed by atoms with Crippen LogP contribution in [0.3, 0.4) is 0 Å². The van der Waals surface area contributed by atoms with Crippen molar-refractivity contribution in [3.8, 4) is 0 Å². The van der Waals surface area contributed by atoms with Gasteiger partial charge in [-0.3, -0.25) is 9.69 Å². The normalized spacial score (nSPS) is 24.8. The Morgan fingerprint density at radius 2 is 1.90 bits per heavy atom. The van der Waals surface area contributed by atoms with Crippen LogP contribution in [0.4, 0.5) is 0 Å². The molecule has 20 heavy (non-hydrogen) atoms. The third-order valence-electron chi connectivity index (χ3n) is 3.89. The number of methoxy groups -OCH3 is 2. The molecule has 5 heteroatoms. The number of ether oxygens (including phenoxy) is 2. The molecule has 3 atom stereocenters. The molecule has 4 nitrogen and oxygen atoms in total. The molecule has 1 aromatic carbocycles. The fourth-order valence-corrected chi connectivity index (χ4v) is 2.78. The monoisotopic (exact) mass is 297 g/mol. The minimum absolute atomic E-state index is 0.00890. The Kier molecular flexibility index (Phi) is 5.16. The molecule has 3 unspecified atom stereocenters. The third kappa shape index (κ3) is 3.20. The molecule has 0 aromatic heterocycles. The summed E-state index contributed by atoms with van der Waals surface area (Å²) in [5.41, 5.74) is 0.639. The van der Waals surface area contributed by atoms with Gasteiger partial charge in [0.25, 0.3) is 0 Å². The van der Waals surface area contributed by atoms with Crippen molar-refractivity contribution in [3.63, 3.8) is 0 Å². The lowest BCUT2D eigenvalue weighted by Crippen LogP contribution is -2.38. The van der Waals surface area contributed by atoms with Gasteiger partial charge in [0.1, 0.15) is 0 Å².